The summed E-state index contributed by atoms with van der Waals surface area (Å²) >= 11 is 0. The summed E-state index contributed by atoms with van der Waals surface area (Å²) in [6.45, 7) is 10.7. The van der Waals surface area contributed by atoms with Gasteiger partial charge in [-0.3, -0.25) is 9.80 Å². The Balaban J connectivity index is 1.61. The predicted octanol–water partition coefficient (Wildman–Crippen LogP) is 3.19. The standard InChI is InChI=1S/C24H39N5O/c1-5-29-14-12-25-24(29)20-28(16-15-26(2)3)18-21-9-8-13-27(17-21)19-22-10-6-7-11-23(22)30-4/h6-7,10-12,14,21H,5,8-9,13,15-20H2,1-4H3. The van der Waals surface area contributed by atoms with E-state index in [0.717, 1.165) is 51.6 Å². The van der Waals surface area contributed by atoms with E-state index in [1.807, 2.05) is 12.3 Å². The lowest BCUT2D eigenvalue weighted by molar-refractivity contribution is 0.118. The second-order valence-electron chi connectivity index (χ2n) is 8.72. The second kappa shape index (κ2) is 11.5. The number of methoxy groups -OCH3 is 1. The van der Waals surface area contributed by atoms with E-state index in [2.05, 4.69) is 69.7 Å². The molecular weight excluding hydrogens is 374 g/mol. The number of likely N-dealkylation sites (N-methyl/N-ethyl adjacent to an activating group) is 1. The monoisotopic (exact) mass is 413 g/mol. The van der Waals surface area contributed by atoms with Crippen LogP contribution in [0.1, 0.15) is 31.2 Å². The number of aromatic nitrogens is 2. The van der Waals surface area contributed by atoms with Crippen molar-refractivity contribution >= 4 is 0 Å². The van der Waals surface area contributed by atoms with Crippen molar-refractivity contribution in [2.45, 2.75) is 39.4 Å². The summed E-state index contributed by atoms with van der Waals surface area (Å²) in [5.74, 6) is 2.87. The van der Waals surface area contributed by atoms with Crippen molar-refractivity contribution in [3.8, 4) is 5.75 Å². The number of nitrogens with zero attached hydrogens (tertiary/aromatic N) is 5. The highest BCUT2D eigenvalue weighted by molar-refractivity contribution is 5.33. The number of piperidine rings is 1. The third kappa shape index (κ3) is 6.56. The molecule has 0 amide bonds. The minimum absolute atomic E-state index is 0.695. The SMILES string of the molecule is CCn1ccnc1CN(CCN(C)C)CC1CCCN(Cc2ccccc2OC)C1. The van der Waals surface area contributed by atoms with Gasteiger partial charge in [0.05, 0.1) is 13.7 Å². The van der Waals surface area contributed by atoms with Gasteiger partial charge in [0.15, 0.2) is 0 Å². The molecule has 0 bridgehead atoms. The van der Waals surface area contributed by atoms with E-state index in [9.17, 15) is 0 Å². The molecule has 6 nitrogen and oxygen atoms in total. The molecule has 1 fully saturated rings. The predicted molar refractivity (Wildman–Crippen MR) is 123 cm³/mol. The van der Waals surface area contributed by atoms with E-state index in [1.54, 1.807) is 7.11 Å². The molecule has 2 heterocycles. The summed E-state index contributed by atoms with van der Waals surface area (Å²) in [6.07, 6.45) is 6.60. The first-order valence-electron chi connectivity index (χ1n) is 11.3. The first kappa shape index (κ1) is 22.8. The largest absolute Gasteiger partial charge is 0.496 e. The van der Waals surface area contributed by atoms with Crippen LogP contribution in [0.5, 0.6) is 5.75 Å². The Morgan fingerprint density at radius 1 is 1.20 bits per heavy atom. The van der Waals surface area contributed by atoms with Crippen molar-refractivity contribution in [3.05, 3.63) is 48.0 Å². The molecule has 30 heavy (non-hydrogen) atoms. The van der Waals surface area contributed by atoms with Gasteiger partial charge in [-0.15, -0.1) is 0 Å². The number of benzene rings is 1. The molecule has 1 aliphatic heterocycles. The summed E-state index contributed by atoms with van der Waals surface area (Å²) < 4.78 is 7.83. The average molecular weight is 414 g/mol. The summed E-state index contributed by atoms with van der Waals surface area (Å²) in [4.78, 5) is 12.1. The van der Waals surface area contributed by atoms with Gasteiger partial charge in [-0.1, -0.05) is 18.2 Å². The van der Waals surface area contributed by atoms with E-state index in [-0.39, 0.29) is 0 Å². The highest BCUT2D eigenvalue weighted by Crippen LogP contribution is 2.24. The lowest BCUT2D eigenvalue weighted by Crippen LogP contribution is -2.42. The number of imidazole rings is 1. The quantitative estimate of drug-likeness (QED) is 0.566. The zero-order valence-electron chi connectivity index (χ0n) is 19.3. The smallest absolute Gasteiger partial charge is 0.123 e. The third-order valence-corrected chi connectivity index (χ3v) is 6.08. The van der Waals surface area contributed by atoms with Crippen molar-refractivity contribution in [1.82, 2.24) is 24.3 Å². The maximum absolute atomic E-state index is 5.56. The van der Waals surface area contributed by atoms with E-state index >= 15 is 0 Å². The molecule has 6 heteroatoms. The highest BCUT2D eigenvalue weighted by atomic mass is 16.5. The number of ether oxygens (including phenoxy) is 1. The van der Waals surface area contributed by atoms with Crippen LogP contribution >= 0.6 is 0 Å². The molecule has 0 N–H and O–H groups in total. The molecule has 1 atom stereocenters. The molecular formula is C24H39N5O. The van der Waals surface area contributed by atoms with Crippen molar-refractivity contribution in [3.63, 3.8) is 0 Å². The van der Waals surface area contributed by atoms with Gasteiger partial charge in [-0.2, -0.15) is 0 Å². The van der Waals surface area contributed by atoms with Crippen LogP contribution in [0.2, 0.25) is 0 Å². The van der Waals surface area contributed by atoms with Crippen LogP contribution in [0, 0.1) is 5.92 Å². The Labute approximate surface area is 182 Å². The Kier molecular flexibility index (Phi) is 8.73. The third-order valence-electron chi connectivity index (χ3n) is 6.08. The minimum atomic E-state index is 0.695. The fraction of sp³-hybridized carbons (Fsp3) is 0.625. The Morgan fingerprint density at radius 3 is 2.80 bits per heavy atom. The van der Waals surface area contributed by atoms with Gasteiger partial charge in [-0.05, 0) is 52.4 Å². The molecule has 2 aromatic rings. The number of para-hydroxylation sites is 1. The fourth-order valence-corrected chi connectivity index (χ4v) is 4.44. The van der Waals surface area contributed by atoms with Crippen LogP contribution in [0.25, 0.3) is 0 Å². The maximum Gasteiger partial charge on any atom is 0.123 e. The van der Waals surface area contributed by atoms with Crippen LogP contribution in [-0.4, -0.2) is 78.2 Å². The van der Waals surface area contributed by atoms with E-state index in [4.69, 9.17) is 4.74 Å². The number of hydrogen-bond acceptors (Lipinski definition) is 5. The molecule has 1 unspecified atom stereocenters. The van der Waals surface area contributed by atoms with Crippen molar-refractivity contribution in [2.24, 2.45) is 5.92 Å². The molecule has 0 spiro atoms. The number of rotatable bonds is 11. The van der Waals surface area contributed by atoms with Crippen molar-refractivity contribution in [2.75, 3.05) is 53.9 Å². The molecule has 0 radical (unpaired) electrons. The summed E-state index contributed by atoms with van der Waals surface area (Å²) in [7, 11) is 6.07. The molecule has 3 rings (SSSR count). The van der Waals surface area contributed by atoms with E-state index in [0.29, 0.717) is 5.92 Å². The van der Waals surface area contributed by atoms with E-state index < -0.39 is 0 Å². The lowest BCUT2D eigenvalue weighted by atomic mass is 9.96. The molecule has 1 aromatic carbocycles. The summed E-state index contributed by atoms with van der Waals surface area (Å²) in [5.41, 5.74) is 1.29. The number of hydrogen-bond donors (Lipinski definition) is 0. The van der Waals surface area contributed by atoms with Gasteiger partial charge >= 0.3 is 0 Å². The molecule has 1 aliphatic rings. The van der Waals surface area contributed by atoms with Gasteiger partial charge in [0, 0.05) is 57.2 Å². The number of aryl methyl sites for hydroxylation is 1. The van der Waals surface area contributed by atoms with Gasteiger partial charge in [0.2, 0.25) is 0 Å². The fourth-order valence-electron chi connectivity index (χ4n) is 4.44. The molecule has 0 saturated carbocycles. The zero-order valence-corrected chi connectivity index (χ0v) is 19.3. The van der Waals surface area contributed by atoms with Gasteiger partial charge < -0.3 is 14.2 Å². The van der Waals surface area contributed by atoms with Gasteiger partial charge in [0.1, 0.15) is 11.6 Å². The van der Waals surface area contributed by atoms with E-state index in [1.165, 1.54) is 30.8 Å². The van der Waals surface area contributed by atoms with Crippen LogP contribution in [-0.2, 0) is 19.6 Å². The summed E-state index contributed by atoms with van der Waals surface area (Å²) in [6, 6.07) is 8.41. The zero-order chi connectivity index (χ0) is 21.3. The topological polar surface area (TPSA) is 36.8 Å². The average Bonchev–Trinajstić information content (AvgIpc) is 3.20. The van der Waals surface area contributed by atoms with Crippen LogP contribution in [0.15, 0.2) is 36.7 Å². The Hall–Kier alpha value is -1.89. The molecule has 0 aliphatic carbocycles. The first-order valence-corrected chi connectivity index (χ1v) is 11.3. The van der Waals surface area contributed by atoms with Gasteiger partial charge in [0.25, 0.3) is 0 Å². The van der Waals surface area contributed by atoms with Gasteiger partial charge in [-0.25, -0.2) is 4.98 Å². The molecule has 1 aromatic heterocycles. The van der Waals surface area contributed by atoms with Crippen LogP contribution in [0.4, 0.5) is 0 Å². The summed E-state index contributed by atoms with van der Waals surface area (Å²) in [5, 5.41) is 0. The van der Waals surface area contributed by atoms with Crippen LogP contribution in [0.3, 0.4) is 0 Å². The Bertz CT molecular complexity index is 760. The van der Waals surface area contributed by atoms with Crippen molar-refractivity contribution in [1.29, 1.82) is 0 Å². The van der Waals surface area contributed by atoms with Crippen LogP contribution < -0.4 is 4.74 Å². The lowest BCUT2D eigenvalue weighted by Gasteiger charge is -2.36. The minimum Gasteiger partial charge on any atom is -0.496 e. The maximum atomic E-state index is 5.56. The Morgan fingerprint density at radius 2 is 2.03 bits per heavy atom. The first-order chi connectivity index (χ1) is 14.6. The molecule has 166 valence electrons. The van der Waals surface area contributed by atoms with Crippen molar-refractivity contribution < 1.29 is 4.74 Å². The second-order valence-corrected chi connectivity index (χ2v) is 8.72. The highest BCUT2D eigenvalue weighted by Gasteiger charge is 2.23. The number of likely N-dealkylation sites (tertiary alicyclic amines) is 1. The molecule has 1 saturated heterocycles. The normalized spacial score (nSPS) is 17.7.